The summed E-state index contributed by atoms with van der Waals surface area (Å²) >= 11 is 0. The number of hydrogen-bond donors (Lipinski definition) is 3. The number of rotatable bonds is 2. The third-order valence-corrected chi connectivity index (χ3v) is 3.26. The summed E-state index contributed by atoms with van der Waals surface area (Å²) in [5, 5.41) is 7.43. The number of hydrogen-bond acceptors (Lipinski definition) is 2. The smallest absolute Gasteiger partial charge is 0.210 e. The molecule has 2 aromatic carbocycles. The van der Waals surface area contributed by atoms with Crippen molar-refractivity contribution in [2.45, 2.75) is 0 Å². The fourth-order valence-electron chi connectivity index (χ4n) is 2.08. The molecule has 0 bridgehead atoms. The Morgan fingerprint density at radius 1 is 1.15 bits per heavy atom. The highest BCUT2D eigenvalue weighted by Crippen LogP contribution is 2.24. The molecule has 0 spiro atoms. The van der Waals surface area contributed by atoms with Crippen LogP contribution in [0.3, 0.4) is 0 Å². The number of benzene rings is 2. The van der Waals surface area contributed by atoms with E-state index >= 15 is 0 Å². The summed E-state index contributed by atoms with van der Waals surface area (Å²) in [5.41, 5.74) is 9.52. The molecule has 5 heteroatoms. The number of nitrogens with zero attached hydrogens (tertiary/aromatic N) is 2. The SMILES string of the molecule is CN(C(=N)N)c1nc2ccc(-c3ccccc3)cc2[nH]1. The third-order valence-electron chi connectivity index (χ3n) is 3.26. The van der Waals surface area contributed by atoms with E-state index in [9.17, 15) is 0 Å². The lowest BCUT2D eigenvalue weighted by Gasteiger charge is -2.11. The van der Waals surface area contributed by atoms with Crippen molar-refractivity contribution >= 4 is 22.9 Å². The molecule has 0 aliphatic heterocycles. The molecule has 4 N–H and O–H groups in total. The first-order chi connectivity index (χ1) is 9.65. The Kier molecular flexibility index (Phi) is 2.87. The van der Waals surface area contributed by atoms with Crippen LogP contribution in [0.5, 0.6) is 0 Å². The average Bonchev–Trinajstić information content (AvgIpc) is 2.90. The number of H-pyrrole nitrogens is 1. The quantitative estimate of drug-likeness (QED) is 0.492. The molecule has 0 unspecified atom stereocenters. The Bertz CT molecular complexity index is 760. The highest BCUT2D eigenvalue weighted by atomic mass is 15.3. The predicted octanol–water partition coefficient (Wildman–Crippen LogP) is 2.56. The van der Waals surface area contributed by atoms with Crippen LogP contribution in [0.25, 0.3) is 22.2 Å². The number of imidazole rings is 1. The Morgan fingerprint density at radius 2 is 1.90 bits per heavy atom. The van der Waals surface area contributed by atoms with Gasteiger partial charge in [-0.1, -0.05) is 36.4 Å². The molecule has 0 aliphatic rings. The summed E-state index contributed by atoms with van der Waals surface area (Å²) in [6, 6.07) is 16.2. The lowest BCUT2D eigenvalue weighted by Crippen LogP contribution is -2.33. The number of aromatic nitrogens is 2. The molecule has 20 heavy (non-hydrogen) atoms. The van der Waals surface area contributed by atoms with Gasteiger partial charge in [-0.05, 0) is 23.3 Å². The van der Waals surface area contributed by atoms with Gasteiger partial charge in [0.2, 0.25) is 5.95 Å². The maximum Gasteiger partial charge on any atom is 0.210 e. The van der Waals surface area contributed by atoms with E-state index in [0.29, 0.717) is 5.95 Å². The van der Waals surface area contributed by atoms with Crippen molar-refractivity contribution in [1.29, 1.82) is 5.41 Å². The normalized spacial score (nSPS) is 10.7. The van der Waals surface area contributed by atoms with E-state index < -0.39 is 0 Å². The van der Waals surface area contributed by atoms with Crippen molar-refractivity contribution in [3.8, 4) is 11.1 Å². The number of nitrogens with one attached hydrogen (secondary N) is 2. The van der Waals surface area contributed by atoms with E-state index in [1.807, 2.05) is 30.3 Å². The second kappa shape index (κ2) is 4.70. The van der Waals surface area contributed by atoms with E-state index in [4.69, 9.17) is 11.1 Å². The topological polar surface area (TPSA) is 81.8 Å². The van der Waals surface area contributed by atoms with Gasteiger partial charge in [-0.25, -0.2) is 4.98 Å². The van der Waals surface area contributed by atoms with Gasteiger partial charge < -0.3 is 10.7 Å². The fourth-order valence-corrected chi connectivity index (χ4v) is 2.08. The molecule has 1 heterocycles. The summed E-state index contributed by atoms with van der Waals surface area (Å²) in [7, 11) is 1.71. The van der Waals surface area contributed by atoms with Gasteiger partial charge in [0, 0.05) is 7.05 Å². The van der Waals surface area contributed by atoms with E-state index in [1.54, 1.807) is 7.05 Å². The number of anilines is 1. The van der Waals surface area contributed by atoms with Crippen LogP contribution in [-0.4, -0.2) is 23.0 Å². The number of aromatic amines is 1. The first-order valence-electron chi connectivity index (χ1n) is 6.28. The van der Waals surface area contributed by atoms with E-state index in [2.05, 4.69) is 28.2 Å². The molecule has 0 aliphatic carbocycles. The molecule has 100 valence electrons. The van der Waals surface area contributed by atoms with Gasteiger partial charge in [-0.15, -0.1) is 0 Å². The summed E-state index contributed by atoms with van der Waals surface area (Å²) in [5.74, 6) is 0.519. The predicted molar refractivity (Wildman–Crippen MR) is 81.8 cm³/mol. The molecule has 0 saturated heterocycles. The molecule has 3 rings (SSSR count). The lowest BCUT2D eigenvalue weighted by atomic mass is 10.1. The zero-order chi connectivity index (χ0) is 14.1. The Morgan fingerprint density at radius 3 is 2.60 bits per heavy atom. The molecule has 0 fully saturated rings. The summed E-state index contributed by atoms with van der Waals surface area (Å²) in [6.07, 6.45) is 0. The molecule has 0 saturated carbocycles. The van der Waals surface area contributed by atoms with Crippen LogP contribution in [0.15, 0.2) is 48.5 Å². The zero-order valence-corrected chi connectivity index (χ0v) is 11.1. The van der Waals surface area contributed by atoms with E-state index in [1.165, 1.54) is 4.90 Å². The monoisotopic (exact) mass is 265 g/mol. The first-order valence-corrected chi connectivity index (χ1v) is 6.28. The van der Waals surface area contributed by atoms with Crippen molar-refractivity contribution < 1.29 is 0 Å². The number of nitrogens with two attached hydrogens (primary N) is 1. The maximum atomic E-state index is 7.43. The van der Waals surface area contributed by atoms with Crippen molar-refractivity contribution in [1.82, 2.24) is 9.97 Å². The van der Waals surface area contributed by atoms with E-state index in [0.717, 1.165) is 22.2 Å². The minimum atomic E-state index is -0.0488. The van der Waals surface area contributed by atoms with Crippen LogP contribution in [0.2, 0.25) is 0 Å². The minimum Gasteiger partial charge on any atom is -0.370 e. The maximum absolute atomic E-state index is 7.43. The van der Waals surface area contributed by atoms with Crippen LogP contribution in [0.1, 0.15) is 0 Å². The second-order valence-electron chi connectivity index (χ2n) is 4.60. The van der Waals surface area contributed by atoms with E-state index in [-0.39, 0.29) is 5.96 Å². The summed E-state index contributed by atoms with van der Waals surface area (Å²) in [6.45, 7) is 0. The van der Waals surface area contributed by atoms with Gasteiger partial charge >= 0.3 is 0 Å². The van der Waals surface area contributed by atoms with Gasteiger partial charge in [0.05, 0.1) is 11.0 Å². The first kappa shape index (κ1) is 12.2. The van der Waals surface area contributed by atoms with Crippen LogP contribution in [-0.2, 0) is 0 Å². The van der Waals surface area contributed by atoms with Gasteiger partial charge in [0.1, 0.15) is 0 Å². The highest BCUT2D eigenvalue weighted by Gasteiger charge is 2.10. The van der Waals surface area contributed by atoms with Crippen molar-refractivity contribution in [2.75, 3.05) is 11.9 Å². The fraction of sp³-hybridized carbons (Fsp3) is 0.0667. The molecular weight excluding hydrogens is 250 g/mol. The molecule has 5 nitrogen and oxygen atoms in total. The van der Waals surface area contributed by atoms with Gasteiger partial charge in [0.25, 0.3) is 0 Å². The average molecular weight is 265 g/mol. The number of fused-ring (bicyclic) bond motifs is 1. The van der Waals surface area contributed by atoms with Crippen LogP contribution in [0.4, 0.5) is 5.95 Å². The van der Waals surface area contributed by atoms with Gasteiger partial charge in [-0.2, -0.15) is 0 Å². The Labute approximate surface area is 116 Å². The number of guanidine groups is 1. The lowest BCUT2D eigenvalue weighted by molar-refractivity contribution is 1.11. The molecule has 0 radical (unpaired) electrons. The molecule has 0 atom stereocenters. The van der Waals surface area contributed by atoms with Crippen molar-refractivity contribution in [3.63, 3.8) is 0 Å². The molecule has 0 amide bonds. The summed E-state index contributed by atoms with van der Waals surface area (Å²) < 4.78 is 0. The second-order valence-corrected chi connectivity index (χ2v) is 4.60. The van der Waals surface area contributed by atoms with Crippen LogP contribution in [0, 0.1) is 5.41 Å². The minimum absolute atomic E-state index is 0.0488. The van der Waals surface area contributed by atoms with Crippen molar-refractivity contribution in [2.24, 2.45) is 5.73 Å². The summed E-state index contributed by atoms with van der Waals surface area (Å²) in [4.78, 5) is 9.10. The van der Waals surface area contributed by atoms with Crippen LogP contribution < -0.4 is 10.6 Å². The third kappa shape index (κ3) is 2.09. The largest absolute Gasteiger partial charge is 0.370 e. The molecule has 3 aromatic rings. The Hall–Kier alpha value is -2.82. The molecule has 1 aromatic heterocycles. The zero-order valence-electron chi connectivity index (χ0n) is 11.1. The standard InChI is InChI=1S/C15H15N5/c1-20(14(16)17)15-18-12-8-7-11(9-13(12)19-15)10-5-3-2-4-6-10/h2-9H,1H3,(H3,16,17)(H,18,19). The Balaban J connectivity index is 2.06. The van der Waals surface area contributed by atoms with Crippen LogP contribution >= 0.6 is 0 Å². The highest BCUT2D eigenvalue weighted by molar-refractivity contribution is 5.92. The van der Waals surface area contributed by atoms with Crippen molar-refractivity contribution in [3.05, 3.63) is 48.5 Å². The van der Waals surface area contributed by atoms with Gasteiger partial charge in [-0.3, -0.25) is 10.3 Å². The molecular formula is C15H15N5. The van der Waals surface area contributed by atoms with Gasteiger partial charge in [0.15, 0.2) is 5.96 Å².